The summed E-state index contributed by atoms with van der Waals surface area (Å²) < 4.78 is 0. The van der Waals surface area contributed by atoms with Crippen LogP contribution in [0.3, 0.4) is 0 Å². The zero-order valence-electron chi connectivity index (χ0n) is 12.8. The van der Waals surface area contributed by atoms with Crippen LogP contribution in [0.4, 0.5) is 5.82 Å². The molecular weight excluding hydrogens is 284 g/mol. The van der Waals surface area contributed by atoms with Crippen LogP contribution in [0.25, 0.3) is 10.9 Å². The van der Waals surface area contributed by atoms with E-state index < -0.39 is 4.87 Å². The summed E-state index contributed by atoms with van der Waals surface area (Å²) >= 11 is 6.44. The molecule has 0 bridgehead atoms. The molecule has 0 N–H and O–H groups in total. The van der Waals surface area contributed by atoms with Gasteiger partial charge in [0.1, 0.15) is 5.82 Å². The first-order valence-electron chi connectivity index (χ1n) is 7.35. The molecule has 3 rings (SSSR count). The summed E-state index contributed by atoms with van der Waals surface area (Å²) in [7, 11) is 2.16. The lowest BCUT2D eigenvalue weighted by atomic mass is 10.1. The summed E-state index contributed by atoms with van der Waals surface area (Å²) in [4.78, 5) is 13.5. The summed E-state index contributed by atoms with van der Waals surface area (Å²) in [6, 6.07) is 8.17. The lowest BCUT2D eigenvalue weighted by Crippen LogP contribution is -2.45. The first-order valence-corrected chi connectivity index (χ1v) is 7.72. The number of likely N-dealkylation sites (N-methyl/N-ethyl adjacent to an activating group) is 1. The molecule has 0 saturated carbocycles. The number of hydrogen-bond donors (Lipinski definition) is 0. The zero-order valence-corrected chi connectivity index (χ0v) is 13.6. The van der Waals surface area contributed by atoms with E-state index in [1.807, 2.05) is 32.0 Å². The number of aromatic nitrogens is 2. The van der Waals surface area contributed by atoms with Gasteiger partial charge < -0.3 is 9.80 Å². The van der Waals surface area contributed by atoms with Gasteiger partial charge in [-0.2, -0.15) is 0 Å². The smallest absolute Gasteiger partial charge is 0.151 e. The molecule has 0 atom stereocenters. The fourth-order valence-electron chi connectivity index (χ4n) is 2.59. The number of anilines is 1. The van der Waals surface area contributed by atoms with Crippen molar-refractivity contribution in [3.8, 4) is 0 Å². The fraction of sp³-hybridized carbons (Fsp3) is 0.500. The number of para-hydroxylation sites is 1. The number of halogens is 1. The molecule has 1 aliphatic heterocycles. The number of rotatable bonds is 2. The average Bonchev–Trinajstić information content (AvgIpc) is 2.46. The van der Waals surface area contributed by atoms with Gasteiger partial charge in [0.15, 0.2) is 5.82 Å². The van der Waals surface area contributed by atoms with Crippen molar-refractivity contribution in [3.63, 3.8) is 0 Å². The summed E-state index contributed by atoms with van der Waals surface area (Å²) in [5.74, 6) is 1.70. The van der Waals surface area contributed by atoms with Gasteiger partial charge in [-0.1, -0.05) is 12.1 Å². The first-order chi connectivity index (χ1) is 9.95. The van der Waals surface area contributed by atoms with Gasteiger partial charge >= 0.3 is 0 Å². The molecule has 0 spiro atoms. The van der Waals surface area contributed by atoms with Crippen molar-refractivity contribution in [2.75, 3.05) is 38.1 Å². The van der Waals surface area contributed by atoms with E-state index in [1.165, 1.54) is 0 Å². The van der Waals surface area contributed by atoms with E-state index in [1.54, 1.807) is 0 Å². The molecule has 0 amide bonds. The van der Waals surface area contributed by atoms with Gasteiger partial charge in [0.05, 0.1) is 10.4 Å². The van der Waals surface area contributed by atoms with Crippen molar-refractivity contribution in [1.82, 2.24) is 14.9 Å². The number of alkyl halides is 1. The Morgan fingerprint density at radius 1 is 1.05 bits per heavy atom. The molecule has 0 radical (unpaired) electrons. The lowest BCUT2D eigenvalue weighted by Gasteiger charge is -2.34. The van der Waals surface area contributed by atoms with Crippen LogP contribution in [-0.2, 0) is 4.87 Å². The van der Waals surface area contributed by atoms with E-state index >= 15 is 0 Å². The summed E-state index contributed by atoms with van der Waals surface area (Å²) in [5, 5.41) is 1.10. The molecule has 2 heterocycles. The van der Waals surface area contributed by atoms with E-state index in [-0.39, 0.29) is 0 Å². The molecule has 4 nitrogen and oxygen atoms in total. The highest BCUT2D eigenvalue weighted by Crippen LogP contribution is 2.31. The minimum atomic E-state index is -0.564. The Bertz CT molecular complexity index is 642. The monoisotopic (exact) mass is 304 g/mol. The van der Waals surface area contributed by atoms with E-state index in [9.17, 15) is 0 Å². The third kappa shape index (κ3) is 2.97. The van der Waals surface area contributed by atoms with Crippen molar-refractivity contribution in [1.29, 1.82) is 0 Å². The molecule has 1 saturated heterocycles. The maximum Gasteiger partial charge on any atom is 0.151 e. The number of benzene rings is 1. The second kappa shape index (κ2) is 5.43. The van der Waals surface area contributed by atoms with Crippen LogP contribution in [-0.4, -0.2) is 48.1 Å². The minimum Gasteiger partial charge on any atom is -0.353 e. The predicted octanol–water partition coefficient (Wildman–Crippen LogP) is 2.86. The van der Waals surface area contributed by atoms with E-state index in [4.69, 9.17) is 16.6 Å². The molecule has 1 aliphatic rings. The second-order valence-electron chi connectivity index (χ2n) is 6.15. The normalized spacial score (nSPS) is 17.4. The molecule has 0 aliphatic carbocycles. The first kappa shape index (κ1) is 14.5. The molecular formula is C16H21ClN4. The summed E-state index contributed by atoms with van der Waals surface area (Å²) in [6.07, 6.45) is 0. The molecule has 1 aromatic carbocycles. The Balaban J connectivity index is 2.11. The predicted molar refractivity (Wildman–Crippen MR) is 88.1 cm³/mol. The Labute approximate surface area is 130 Å². The Morgan fingerprint density at radius 3 is 2.38 bits per heavy atom. The van der Waals surface area contributed by atoms with E-state index in [0.29, 0.717) is 5.82 Å². The van der Waals surface area contributed by atoms with Gasteiger partial charge in [-0.05, 0) is 33.0 Å². The fourth-order valence-corrected chi connectivity index (χ4v) is 2.67. The molecule has 21 heavy (non-hydrogen) atoms. The van der Waals surface area contributed by atoms with Crippen molar-refractivity contribution in [3.05, 3.63) is 30.1 Å². The molecule has 0 unspecified atom stereocenters. The van der Waals surface area contributed by atoms with Crippen LogP contribution in [0.1, 0.15) is 19.7 Å². The van der Waals surface area contributed by atoms with Crippen LogP contribution in [0.2, 0.25) is 0 Å². The third-order valence-corrected chi connectivity index (χ3v) is 4.09. The van der Waals surface area contributed by atoms with Gasteiger partial charge in [-0.3, -0.25) is 0 Å². The van der Waals surface area contributed by atoms with Crippen LogP contribution >= 0.6 is 11.6 Å². The second-order valence-corrected chi connectivity index (χ2v) is 7.10. The molecule has 1 aromatic heterocycles. The SMILES string of the molecule is CN1CCN(c2nc(C(C)(C)Cl)nc3ccccc23)CC1. The zero-order chi connectivity index (χ0) is 15.0. The van der Waals surface area contributed by atoms with Crippen LogP contribution in [0, 0.1) is 0 Å². The van der Waals surface area contributed by atoms with E-state index in [0.717, 1.165) is 42.9 Å². The maximum absolute atomic E-state index is 6.44. The Kier molecular flexibility index (Phi) is 3.76. The van der Waals surface area contributed by atoms with Crippen molar-refractivity contribution < 1.29 is 0 Å². The largest absolute Gasteiger partial charge is 0.353 e. The molecule has 1 fully saturated rings. The third-order valence-electron chi connectivity index (χ3n) is 3.92. The van der Waals surface area contributed by atoms with Gasteiger partial charge in [0, 0.05) is 31.6 Å². The molecule has 5 heteroatoms. The van der Waals surface area contributed by atoms with Crippen molar-refractivity contribution in [2.45, 2.75) is 18.7 Å². The number of fused-ring (bicyclic) bond motifs is 1. The number of nitrogens with zero attached hydrogens (tertiary/aromatic N) is 4. The highest BCUT2D eigenvalue weighted by atomic mass is 35.5. The average molecular weight is 305 g/mol. The van der Waals surface area contributed by atoms with Crippen LogP contribution < -0.4 is 4.90 Å². The van der Waals surface area contributed by atoms with Gasteiger partial charge in [0.25, 0.3) is 0 Å². The van der Waals surface area contributed by atoms with Gasteiger partial charge in [-0.15, -0.1) is 11.6 Å². The van der Waals surface area contributed by atoms with Crippen molar-refractivity contribution in [2.24, 2.45) is 0 Å². The van der Waals surface area contributed by atoms with Gasteiger partial charge in [-0.25, -0.2) is 9.97 Å². The maximum atomic E-state index is 6.44. The number of piperazine rings is 1. The molecule has 2 aromatic rings. The van der Waals surface area contributed by atoms with Crippen LogP contribution in [0.5, 0.6) is 0 Å². The lowest BCUT2D eigenvalue weighted by molar-refractivity contribution is 0.312. The van der Waals surface area contributed by atoms with Crippen LogP contribution in [0.15, 0.2) is 24.3 Å². The Morgan fingerprint density at radius 2 is 1.71 bits per heavy atom. The highest BCUT2D eigenvalue weighted by molar-refractivity contribution is 6.23. The summed E-state index contributed by atoms with van der Waals surface area (Å²) in [6.45, 7) is 7.95. The standard InChI is InChI=1S/C16H21ClN4/c1-16(2,17)15-18-13-7-5-4-6-12(13)14(19-15)21-10-8-20(3)9-11-21/h4-7H,8-11H2,1-3H3. The molecule has 112 valence electrons. The quantitative estimate of drug-likeness (QED) is 0.799. The number of hydrogen-bond acceptors (Lipinski definition) is 4. The van der Waals surface area contributed by atoms with E-state index in [2.05, 4.69) is 27.9 Å². The Hall–Kier alpha value is -1.39. The highest BCUT2D eigenvalue weighted by Gasteiger charge is 2.25. The van der Waals surface area contributed by atoms with Gasteiger partial charge in [0.2, 0.25) is 0 Å². The summed E-state index contributed by atoms with van der Waals surface area (Å²) in [5.41, 5.74) is 0.963. The topological polar surface area (TPSA) is 32.3 Å². The minimum absolute atomic E-state index is 0.564. The van der Waals surface area contributed by atoms with Crippen molar-refractivity contribution >= 4 is 28.3 Å².